The number of hydrogen-bond donors (Lipinski definition) is 2. The quantitative estimate of drug-likeness (QED) is 0.827. The van der Waals surface area contributed by atoms with Crippen LogP contribution in [-0.4, -0.2) is 23.4 Å². The van der Waals surface area contributed by atoms with Gasteiger partial charge in [0.15, 0.2) is 0 Å². The van der Waals surface area contributed by atoms with Gasteiger partial charge in [-0.2, -0.15) is 0 Å². The molecule has 1 amide bonds. The second-order valence-electron chi connectivity index (χ2n) is 7.06. The molecular weight excluding hydrogens is 314 g/mol. The molecule has 0 unspecified atom stereocenters. The van der Waals surface area contributed by atoms with Crippen LogP contribution in [0.5, 0.6) is 0 Å². The molecule has 0 heterocycles. The van der Waals surface area contributed by atoms with Crippen LogP contribution in [0.4, 0.5) is 4.79 Å². The lowest BCUT2D eigenvalue weighted by Crippen LogP contribution is -2.35. The van der Waals surface area contributed by atoms with Crippen LogP contribution < -0.4 is 5.32 Å². The highest BCUT2D eigenvalue weighted by molar-refractivity contribution is 5.69. The Kier molecular flexibility index (Phi) is 6.59. The summed E-state index contributed by atoms with van der Waals surface area (Å²) in [6, 6.07) is 17.7. The maximum Gasteiger partial charge on any atom is 0.408 e. The van der Waals surface area contributed by atoms with E-state index in [1.165, 1.54) is 5.56 Å². The molecule has 0 spiro atoms. The lowest BCUT2D eigenvalue weighted by Gasteiger charge is -2.24. The normalized spacial score (nSPS) is 12.5. The van der Waals surface area contributed by atoms with Gasteiger partial charge in [-0.1, -0.05) is 54.6 Å². The molecule has 0 fully saturated rings. The first-order chi connectivity index (χ1) is 11.9. The molecule has 0 aliphatic carbocycles. The molecule has 134 valence electrons. The lowest BCUT2D eigenvalue weighted by atomic mass is 9.97. The molecule has 2 aromatic carbocycles. The Hall–Kier alpha value is -2.33. The van der Waals surface area contributed by atoms with E-state index in [4.69, 9.17) is 9.84 Å². The smallest absolute Gasteiger partial charge is 0.408 e. The van der Waals surface area contributed by atoms with Gasteiger partial charge >= 0.3 is 6.09 Å². The highest BCUT2D eigenvalue weighted by Crippen LogP contribution is 2.23. The van der Waals surface area contributed by atoms with Crippen LogP contribution in [0.3, 0.4) is 0 Å². The summed E-state index contributed by atoms with van der Waals surface area (Å²) in [7, 11) is 0. The molecule has 25 heavy (non-hydrogen) atoms. The molecule has 4 nitrogen and oxygen atoms in total. The number of alkyl carbamates (subject to hydrolysis) is 1. The van der Waals surface area contributed by atoms with Gasteiger partial charge in [-0.05, 0) is 50.3 Å². The second kappa shape index (κ2) is 8.67. The topological polar surface area (TPSA) is 58.6 Å². The Bertz CT molecular complexity index is 660. The van der Waals surface area contributed by atoms with Gasteiger partial charge in [0, 0.05) is 6.61 Å². The van der Waals surface area contributed by atoms with E-state index >= 15 is 0 Å². The summed E-state index contributed by atoms with van der Waals surface area (Å²) in [6.07, 6.45) is 1.15. The molecule has 4 heteroatoms. The van der Waals surface area contributed by atoms with E-state index in [0.717, 1.165) is 24.0 Å². The maximum absolute atomic E-state index is 12.3. The molecule has 0 aromatic heterocycles. The number of aliphatic hydroxyl groups excluding tert-OH is 1. The van der Waals surface area contributed by atoms with Crippen molar-refractivity contribution in [3.63, 3.8) is 0 Å². The lowest BCUT2D eigenvalue weighted by molar-refractivity contribution is 0.0512. The first-order valence-electron chi connectivity index (χ1n) is 8.63. The van der Waals surface area contributed by atoms with Crippen LogP contribution in [0, 0.1) is 0 Å². The van der Waals surface area contributed by atoms with Gasteiger partial charge in [0.1, 0.15) is 5.60 Å². The maximum atomic E-state index is 12.3. The minimum absolute atomic E-state index is 0.189. The van der Waals surface area contributed by atoms with Crippen molar-refractivity contribution in [1.29, 1.82) is 0 Å². The van der Waals surface area contributed by atoms with E-state index in [2.05, 4.69) is 5.32 Å². The predicted octanol–water partition coefficient (Wildman–Crippen LogP) is 4.23. The summed E-state index contributed by atoms with van der Waals surface area (Å²) < 4.78 is 5.41. The van der Waals surface area contributed by atoms with E-state index in [-0.39, 0.29) is 12.6 Å². The molecule has 2 N–H and O–H groups in total. The summed E-state index contributed by atoms with van der Waals surface area (Å²) >= 11 is 0. The van der Waals surface area contributed by atoms with Crippen molar-refractivity contribution >= 4 is 6.09 Å². The van der Waals surface area contributed by atoms with E-state index in [1.54, 1.807) is 0 Å². The standard InChI is InChI=1S/C21H27NO3/c1-21(2,3)25-20(24)22-19(17-9-5-4-6-10-17)18-13-11-16(12-14-18)8-7-15-23/h4-6,9-14,19,23H,7-8,15H2,1-3H3,(H,22,24)/t19-/m0/s1. The monoisotopic (exact) mass is 341 g/mol. The molecule has 2 aromatic rings. The third-order valence-electron chi connectivity index (χ3n) is 3.73. The highest BCUT2D eigenvalue weighted by atomic mass is 16.6. The van der Waals surface area contributed by atoms with Crippen molar-refractivity contribution in [3.8, 4) is 0 Å². The largest absolute Gasteiger partial charge is 0.444 e. The zero-order chi connectivity index (χ0) is 18.3. The Morgan fingerprint density at radius 1 is 1.04 bits per heavy atom. The summed E-state index contributed by atoms with van der Waals surface area (Å²) in [6.45, 7) is 5.73. The van der Waals surface area contributed by atoms with Crippen LogP contribution in [-0.2, 0) is 11.2 Å². The van der Waals surface area contributed by atoms with Gasteiger partial charge in [0.05, 0.1) is 6.04 Å². The molecule has 0 bridgehead atoms. The van der Waals surface area contributed by atoms with Gasteiger partial charge in [-0.3, -0.25) is 0 Å². The molecule has 0 saturated carbocycles. The molecule has 0 aliphatic rings. The minimum atomic E-state index is -0.542. The molecule has 0 radical (unpaired) electrons. The van der Waals surface area contributed by atoms with Crippen molar-refractivity contribution in [1.82, 2.24) is 5.32 Å². The Morgan fingerprint density at radius 2 is 1.64 bits per heavy atom. The number of nitrogens with one attached hydrogen (secondary N) is 1. The predicted molar refractivity (Wildman–Crippen MR) is 99.5 cm³/mol. The minimum Gasteiger partial charge on any atom is -0.444 e. The van der Waals surface area contributed by atoms with Crippen LogP contribution >= 0.6 is 0 Å². The molecule has 2 rings (SSSR count). The number of amides is 1. The average Bonchev–Trinajstić information content (AvgIpc) is 2.58. The van der Waals surface area contributed by atoms with E-state index in [1.807, 2.05) is 75.4 Å². The number of rotatable bonds is 6. The fraction of sp³-hybridized carbons (Fsp3) is 0.381. The third kappa shape index (κ3) is 6.24. The fourth-order valence-electron chi connectivity index (χ4n) is 2.59. The molecule has 1 atom stereocenters. The van der Waals surface area contributed by atoms with Crippen molar-refractivity contribution < 1.29 is 14.6 Å². The van der Waals surface area contributed by atoms with Crippen LogP contribution in [0.15, 0.2) is 54.6 Å². The van der Waals surface area contributed by atoms with Crippen LogP contribution in [0.2, 0.25) is 0 Å². The first kappa shape index (κ1) is 19.0. The number of ether oxygens (including phenoxy) is 1. The Labute approximate surface area is 149 Å². The third-order valence-corrected chi connectivity index (χ3v) is 3.73. The molecule has 0 aliphatic heterocycles. The molecule has 0 saturated heterocycles. The first-order valence-corrected chi connectivity index (χ1v) is 8.63. The van der Waals surface area contributed by atoms with Crippen molar-refractivity contribution in [3.05, 3.63) is 71.3 Å². The number of benzene rings is 2. The summed E-state index contributed by atoms with van der Waals surface area (Å²) in [5.74, 6) is 0. The summed E-state index contributed by atoms with van der Waals surface area (Å²) in [5, 5.41) is 11.9. The Balaban J connectivity index is 2.21. The average molecular weight is 341 g/mol. The summed E-state index contributed by atoms with van der Waals surface area (Å²) in [5.41, 5.74) is 2.61. The number of aliphatic hydroxyl groups is 1. The SMILES string of the molecule is CC(C)(C)OC(=O)N[C@@H](c1ccccc1)c1ccc(CCCO)cc1. The second-order valence-corrected chi connectivity index (χ2v) is 7.06. The molecular formula is C21H27NO3. The number of carbonyl (C=O) groups excluding carboxylic acids is 1. The van der Waals surface area contributed by atoms with Crippen LogP contribution in [0.1, 0.15) is 49.9 Å². The van der Waals surface area contributed by atoms with Crippen molar-refractivity contribution in [2.24, 2.45) is 0 Å². The Morgan fingerprint density at radius 3 is 2.20 bits per heavy atom. The van der Waals surface area contributed by atoms with Crippen molar-refractivity contribution in [2.45, 2.75) is 45.3 Å². The van der Waals surface area contributed by atoms with Gasteiger partial charge in [0.25, 0.3) is 0 Å². The van der Waals surface area contributed by atoms with Gasteiger partial charge < -0.3 is 15.2 Å². The van der Waals surface area contributed by atoms with Crippen molar-refractivity contribution in [2.75, 3.05) is 6.61 Å². The van der Waals surface area contributed by atoms with Crippen LogP contribution in [0.25, 0.3) is 0 Å². The zero-order valence-corrected chi connectivity index (χ0v) is 15.2. The van der Waals surface area contributed by atoms with E-state index < -0.39 is 11.7 Å². The number of carbonyl (C=O) groups is 1. The van der Waals surface area contributed by atoms with E-state index in [0.29, 0.717) is 0 Å². The van der Waals surface area contributed by atoms with Gasteiger partial charge in [-0.25, -0.2) is 4.79 Å². The fourth-order valence-corrected chi connectivity index (χ4v) is 2.59. The number of aryl methyl sites for hydroxylation is 1. The van der Waals surface area contributed by atoms with Gasteiger partial charge in [-0.15, -0.1) is 0 Å². The summed E-state index contributed by atoms with van der Waals surface area (Å²) in [4.78, 5) is 12.3. The van der Waals surface area contributed by atoms with E-state index in [9.17, 15) is 4.79 Å². The highest BCUT2D eigenvalue weighted by Gasteiger charge is 2.21. The zero-order valence-electron chi connectivity index (χ0n) is 15.2. The number of hydrogen-bond acceptors (Lipinski definition) is 3. The van der Waals surface area contributed by atoms with Gasteiger partial charge in [0.2, 0.25) is 0 Å².